The normalized spacial score (nSPS) is 20.5. The van der Waals surface area contributed by atoms with E-state index in [-0.39, 0.29) is 12.1 Å². The van der Waals surface area contributed by atoms with Crippen LogP contribution in [0.25, 0.3) is 0 Å². The van der Waals surface area contributed by atoms with Crippen LogP contribution in [-0.2, 0) is 0 Å². The number of rotatable bonds is 4. The van der Waals surface area contributed by atoms with Crippen molar-refractivity contribution in [1.82, 2.24) is 10.6 Å². The van der Waals surface area contributed by atoms with Crippen LogP contribution in [0.5, 0.6) is 0 Å². The monoisotopic (exact) mass is 186 g/mol. The third kappa shape index (κ3) is 4.07. The maximum Gasteiger partial charge on any atom is 0.0607 e. The molecule has 1 aliphatic heterocycles. The fourth-order valence-corrected chi connectivity index (χ4v) is 1.56. The van der Waals surface area contributed by atoms with E-state index in [1.54, 1.807) is 0 Å². The van der Waals surface area contributed by atoms with E-state index in [2.05, 4.69) is 10.6 Å². The zero-order valence-corrected chi connectivity index (χ0v) is 8.77. The standard InChI is InChI=1S/C10H22N2O/c1-10(2,8-13)12-7-9-3-5-11-6-4-9/h9,11-13H,3-8H2,1-2H3. The van der Waals surface area contributed by atoms with Crippen LogP contribution < -0.4 is 10.6 Å². The minimum atomic E-state index is -0.120. The lowest BCUT2D eigenvalue weighted by Crippen LogP contribution is -2.46. The van der Waals surface area contributed by atoms with Crippen LogP contribution in [-0.4, -0.2) is 36.9 Å². The molecule has 0 radical (unpaired) electrons. The van der Waals surface area contributed by atoms with Gasteiger partial charge in [-0.2, -0.15) is 0 Å². The largest absolute Gasteiger partial charge is 0.394 e. The van der Waals surface area contributed by atoms with Crippen LogP contribution in [0.3, 0.4) is 0 Å². The molecule has 0 atom stereocenters. The lowest BCUT2D eigenvalue weighted by molar-refractivity contribution is 0.178. The molecule has 3 heteroatoms. The van der Waals surface area contributed by atoms with E-state index >= 15 is 0 Å². The van der Waals surface area contributed by atoms with Crippen molar-refractivity contribution in [2.24, 2.45) is 5.92 Å². The van der Waals surface area contributed by atoms with Gasteiger partial charge in [0.1, 0.15) is 0 Å². The summed E-state index contributed by atoms with van der Waals surface area (Å²) in [6.07, 6.45) is 2.52. The molecule has 0 spiro atoms. The minimum Gasteiger partial charge on any atom is -0.394 e. The molecule has 3 N–H and O–H groups in total. The van der Waals surface area contributed by atoms with Gasteiger partial charge in [-0.15, -0.1) is 0 Å². The molecule has 1 fully saturated rings. The molecular weight excluding hydrogens is 164 g/mol. The van der Waals surface area contributed by atoms with Gasteiger partial charge in [0.2, 0.25) is 0 Å². The molecule has 13 heavy (non-hydrogen) atoms. The van der Waals surface area contributed by atoms with E-state index < -0.39 is 0 Å². The van der Waals surface area contributed by atoms with Gasteiger partial charge in [-0.3, -0.25) is 0 Å². The molecule has 3 nitrogen and oxygen atoms in total. The van der Waals surface area contributed by atoms with Gasteiger partial charge in [0.15, 0.2) is 0 Å². The molecule has 0 unspecified atom stereocenters. The lowest BCUT2D eigenvalue weighted by atomic mass is 9.96. The molecule has 1 rings (SSSR count). The molecule has 0 saturated carbocycles. The Morgan fingerprint density at radius 2 is 2.00 bits per heavy atom. The van der Waals surface area contributed by atoms with E-state index in [4.69, 9.17) is 5.11 Å². The lowest BCUT2D eigenvalue weighted by Gasteiger charge is -2.29. The van der Waals surface area contributed by atoms with Gasteiger partial charge in [-0.25, -0.2) is 0 Å². The van der Waals surface area contributed by atoms with Crippen molar-refractivity contribution >= 4 is 0 Å². The second kappa shape index (κ2) is 4.94. The molecule has 0 aromatic rings. The molecule has 1 saturated heterocycles. The highest BCUT2D eigenvalue weighted by Crippen LogP contribution is 2.11. The van der Waals surface area contributed by atoms with Crippen molar-refractivity contribution in [1.29, 1.82) is 0 Å². The van der Waals surface area contributed by atoms with Crippen LogP contribution in [0.1, 0.15) is 26.7 Å². The highest BCUT2D eigenvalue weighted by atomic mass is 16.3. The summed E-state index contributed by atoms with van der Waals surface area (Å²) in [6.45, 7) is 7.60. The van der Waals surface area contributed by atoms with Gasteiger partial charge in [0, 0.05) is 5.54 Å². The number of hydrogen-bond donors (Lipinski definition) is 3. The summed E-state index contributed by atoms with van der Waals surface area (Å²) < 4.78 is 0. The smallest absolute Gasteiger partial charge is 0.0607 e. The number of piperidine rings is 1. The molecule has 0 bridgehead atoms. The molecule has 0 aromatic heterocycles. The highest BCUT2D eigenvalue weighted by molar-refractivity contribution is 4.79. The molecule has 0 aliphatic carbocycles. The van der Waals surface area contributed by atoms with E-state index in [1.165, 1.54) is 12.8 Å². The maximum absolute atomic E-state index is 9.05. The Balaban J connectivity index is 2.17. The average molecular weight is 186 g/mol. The molecule has 0 amide bonds. The van der Waals surface area contributed by atoms with Crippen LogP contribution in [0.15, 0.2) is 0 Å². The van der Waals surface area contributed by atoms with Gasteiger partial charge in [0.05, 0.1) is 6.61 Å². The van der Waals surface area contributed by atoms with Crippen LogP contribution in [0, 0.1) is 5.92 Å². The number of nitrogens with one attached hydrogen (secondary N) is 2. The minimum absolute atomic E-state index is 0.120. The zero-order valence-electron chi connectivity index (χ0n) is 8.77. The number of aliphatic hydroxyl groups is 1. The summed E-state index contributed by atoms with van der Waals surface area (Å²) in [6, 6.07) is 0. The van der Waals surface area contributed by atoms with Crippen LogP contribution >= 0.6 is 0 Å². The zero-order chi connectivity index (χ0) is 9.73. The Morgan fingerprint density at radius 3 is 2.54 bits per heavy atom. The maximum atomic E-state index is 9.05. The Kier molecular flexibility index (Phi) is 4.16. The van der Waals surface area contributed by atoms with Crippen molar-refractivity contribution in [2.45, 2.75) is 32.2 Å². The van der Waals surface area contributed by atoms with Gasteiger partial charge >= 0.3 is 0 Å². The molecular formula is C10H22N2O. The van der Waals surface area contributed by atoms with E-state index in [9.17, 15) is 0 Å². The second-order valence-electron chi connectivity index (χ2n) is 4.62. The predicted octanol–water partition coefficient (Wildman–Crippen LogP) is 0.346. The second-order valence-corrected chi connectivity index (χ2v) is 4.62. The fourth-order valence-electron chi connectivity index (χ4n) is 1.56. The topological polar surface area (TPSA) is 44.3 Å². The average Bonchev–Trinajstić information content (AvgIpc) is 2.17. The fraction of sp³-hybridized carbons (Fsp3) is 1.00. The Bertz CT molecular complexity index is 142. The first-order valence-electron chi connectivity index (χ1n) is 5.21. The summed E-state index contributed by atoms with van der Waals surface area (Å²) in [5.74, 6) is 0.784. The van der Waals surface area contributed by atoms with Gasteiger partial charge < -0.3 is 15.7 Å². The number of hydrogen-bond acceptors (Lipinski definition) is 3. The van der Waals surface area contributed by atoms with E-state index in [0.29, 0.717) is 0 Å². The van der Waals surface area contributed by atoms with E-state index in [0.717, 1.165) is 25.6 Å². The van der Waals surface area contributed by atoms with Crippen molar-refractivity contribution in [3.8, 4) is 0 Å². The van der Waals surface area contributed by atoms with Crippen LogP contribution in [0.2, 0.25) is 0 Å². The molecule has 78 valence electrons. The Hall–Kier alpha value is -0.120. The van der Waals surface area contributed by atoms with Crippen molar-refractivity contribution in [3.05, 3.63) is 0 Å². The first-order chi connectivity index (χ1) is 6.14. The molecule has 1 aliphatic rings. The Morgan fingerprint density at radius 1 is 1.38 bits per heavy atom. The van der Waals surface area contributed by atoms with E-state index in [1.807, 2.05) is 13.8 Å². The van der Waals surface area contributed by atoms with Crippen LogP contribution in [0.4, 0.5) is 0 Å². The van der Waals surface area contributed by atoms with Crippen molar-refractivity contribution in [2.75, 3.05) is 26.2 Å². The number of aliphatic hydroxyl groups excluding tert-OH is 1. The summed E-state index contributed by atoms with van der Waals surface area (Å²) >= 11 is 0. The van der Waals surface area contributed by atoms with Crippen molar-refractivity contribution < 1.29 is 5.11 Å². The molecule has 1 heterocycles. The predicted molar refractivity (Wildman–Crippen MR) is 54.8 cm³/mol. The third-order valence-electron chi connectivity index (χ3n) is 2.72. The molecule has 0 aromatic carbocycles. The highest BCUT2D eigenvalue weighted by Gasteiger charge is 2.19. The summed E-state index contributed by atoms with van der Waals surface area (Å²) in [7, 11) is 0. The quantitative estimate of drug-likeness (QED) is 0.593. The first-order valence-corrected chi connectivity index (χ1v) is 5.21. The van der Waals surface area contributed by atoms with Gasteiger partial charge in [-0.05, 0) is 52.2 Å². The van der Waals surface area contributed by atoms with Gasteiger partial charge in [-0.1, -0.05) is 0 Å². The third-order valence-corrected chi connectivity index (χ3v) is 2.72. The SMILES string of the molecule is CC(C)(CO)NCC1CCNCC1. The summed E-state index contributed by atoms with van der Waals surface area (Å²) in [5.41, 5.74) is -0.120. The van der Waals surface area contributed by atoms with Gasteiger partial charge in [0.25, 0.3) is 0 Å². The summed E-state index contributed by atoms with van der Waals surface area (Å²) in [5, 5.41) is 15.8. The van der Waals surface area contributed by atoms with Crippen molar-refractivity contribution in [3.63, 3.8) is 0 Å². The summed E-state index contributed by atoms with van der Waals surface area (Å²) in [4.78, 5) is 0. The first kappa shape index (κ1) is 11.0. The Labute approximate surface area is 80.9 Å².